The summed E-state index contributed by atoms with van der Waals surface area (Å²) in [5.41, 5.74) is 10.5. The fraction of sp³-hybridized carbons (Fsp3) is 0.333. The van der Waals surface area contributed by atoms with E-state index in [4.69, 9.17) is 10.7 Å². The van der Waals surface area contributed by atoms with Gasteiger partial charge < -0.3 is 15.4 Å². The maximum Gasteiger partial charge on any atom is 0.262 e. The first-order valence-corrected chi connectivity index (χ1v) is 9.50. The first kappa shape index (κ1) is 17.4. The minimum absolute atomic E-state index is 0.0868. The third-order valence-corrected chi connectivity index (χ3v) is 5.11. The van der Waals surface area contributed by atoms with Crippen LogP contribution in [0.5, 0.6) is 0 Å². The van der Waals surface area contributed by atoms with Crippen molar-refractivity contribution in [2.45, 2.75) is 46.2 Å². The molecule has 3 N–H and O–H groups in total. The molecule has 140 valence electrons. The van der Waals surface area contributed by atoms with Crippen molar-refractivity contribution in [2.75, 3.05) is 5.73 Å². The number of fused-ring (bicyclic) bond motifs is 2. The SMILES string of the molecule is CCCCCn1[nH]cc2c(N)c3c(=O)n(Cc4ccc(C)cc4)cc3nc21. The van der Waals surface area contributed by atoms with Crippen LogP contribution in [0.15, 0.2) is 41.5 Å². The number of aromatic amines is 1. The molecule has 4 rings (SSSR count). The normalized spacial score (nSPS) is 11.6. The van der Waals surface area contributed by atoms with Crippen molar-refractivity contribution < 1.29 is 0 Å². The van der Waals surface area contributed by atoms with Crippen LogP contribution in [-0.4, -0.2) is 19.3 Å². The third kappa shape index (κ3) is 3.12. The van der Waals surface area contributed by atoms with Gasteiger partial charge in [-0.05, 0) is 18.9 Å². The van der Waals surface area contributed by atoms with Gasteiger partial charge in [0.2, 0.25) is 0 Å². The van der Waals surface area contributed by atoms with Crippen molar-refractivity contribution >= 4 is 27.6 Å². The highest BCUT2D eigenvalue weighted by Crippen LogP contribution is 2.26. The average Bonchev–Trinajstić information content (AvgIpc) is 3.20. The predicted molar refractivity (Wildman–Crippen MR) is 110 cm³/mol. The van der Waals surface area contributed by atoms with Gasteiger partial charge in [-0.15, -0.1) is 0 Å². The van der Waals surface area contributed by atoms with Crippen molar-refractivity contribution in [1.29, 1.82) is 0 Å². The van der Waals surface area contributed by atoms with Crippen LogP contribution in [0.25, 0.3) is 21.9 Å². The number of nitrogens with zero attached hydrogens (tertiary/aromatic N) is 3. The number of hydrogen-bond acceptors (Lipinski definition) is 3. The van der Waals surface area contributed by atoms with Gasteiger partial charge in [-0.2, -0.15) is 0 Å². The molecular formula is C21H25N5O. The number of hydrogen-bond donors (Lipinski definition) is 2. The molecule has 0 amide bonds. The molecule has 0 radical (unpaired) electrons. The number of nitrogen functional groups attached to an aromatic ring is 1. The molecule has 0 aliphatic carbocycles. The summed E-state index contributed by atoms with van der Waals surface area (Å²) in [5.74, 6) is 0. The smallest absolute Gasteiger partial charge is 0.262 e. The van der Waals surface area contributed by atoms with E-state index in [2.05, 4.69) is 31.1 Å². The molecule has 0 saturated carbocycles. The predicted octanol–water partition coefficient (Wildman–Crippen LogP) is 3.81. The number of nitrogens with two attached hydrogens (primary N) is 1. The number of aryl methyl sites for hydroxylation is 2. The zero-order valence-electron chi connectivity index (χ0n) is 15.8. The van der Waals surface area contributed by atoms with E-state index in [-0.39, 0.29) is 5.56 Å². The molecule has 0 saturated heterocycles. The molecule has 4 aromatic rings. The number of pyridine rings is 1. The molecule has 0 fully saturated rings. The molecule has 1 aromatic carbocycles. The highest BCUT2D eigenvalue weighted by Gasteiger charge is 2.16. The second-order valence-electron chi connectivity index (χ2n) is 7.20. The van der Waals surface area contributed by atoms with Crippen LogP contribution < -0.4 is 11.3 Å². The number of benzene rings is 1. The molecule has 0 aliphatic rings. The monoisotopic (exact) mass is 363 g/mol. The fourth-order valence-electron chi connectivity index (χ4n) is 3.54. The lowest BCUT2D eigenvalue weighted by Crippen LogP contribution is -2.15. The summed E-state index contributed by atoms with van der Waals surface area (Å²) in [5, 5.41) is 4.54. The minimum atomic E-state index is -0.0868. The minimum Gasteiger partial charge on any atom is -0.397 e. The summed E-state index contributed by atoms with van der Waals surface area (Å²) in [6.07, 6.45) is 7.08. The van der Waals surface area contributed by atoms with Crippen LogP contribution >= 0.6 is 0 Å². The first-order valence-electron chi connectivity index (χ1n) is 9.50. The largest absolute Gasteiger partial charge is 0.397 e. The summed E-state index contributed by atoms with van der Waals surface area (Å²) >= 11 is 0. The average molecular weight is 363 g/mol. The highest BCUT2D eigenvalue weighted by atomic mass is 16.1. The number of anilines is 1. The number of nitrogens with one attached hydrogen (secondary N) is 1. The number of unbranched alkanes of at least 4 members (excludes halogenated alkanes) is 2. The Balaban J connectivity index is 1.77. The van der Waals surface area contributed by atoms with E-state index in [1.165, 1.54) is 18.4 Å². The Kier molecular flexibility index (Phi) is 4.48. The molecule has 0 spiro atoms. The van der Waals surface area contributed by atoms with Gasteiger partial charge >= 0.3 is 0 Å². The second kappa shape index (κ2) is 6.95. The van der Waals surface area contributed by atoms with Gasteiger partial charge in [-0.3, -0.25) is 9.48 Å². The Bertz CT molecular complexity index is 1150. The van der Waals surface area contributed by atoms with Gasteiger partial charge in [0, 0.05) is 18.9 Å². The van der Waals surface area contributed by atoms with Gasteiger partial charge in [0.25, 0.3) is 5.56 Å². The second-order valence-corrected chi connectivity index (χ2v) is 7.20. The van der Waals surface area contributed by atoms with Gasteiger partial charge in [0.05, 0.1) is 28.5 Å². The van der Waals surface area contributed by atoms with Crippen LogP contribution in [-0.2, 0) is 13.1 Å². The maximum atomic E-state index is 12.9. The van der Waals surface area contributed by atoms with E-state index in [1.807, 2.05) is 29.2 Å². The molecule has 6 nitrogen and oxygen atoms in total. The van der Waals surface area contributed by atoms with Crippen molar-refractivity contribution in [3.8, 4) is 0 Å². The van der Waals surface area contributed by atoms with Crippen LogP contribution in [0, 0.1) is 6.92 Å². The quantitative estimate of drug-likeness (QED) is 0.511. The summed E-state index contributed by atoms with van der Waals surface area (Å²) in [7, 11) is 0. The Morgan fingerprint density at radius 3 is 2.70 bits per heavy atom. The molecule has 0 atom stereocenters. The standard InChI is InChI=1S/C21H25N5O/c1-3-4-5-10-26-20-16(11-23-26)19(22)18-17(24-20)13-25(21(18)27)12-15-8-6-14(2)7-9-15/h6-9,11,13,23H,3-5,10,12,22H2,1-2H3. The lowest BCUT2D eigenvalue weighted by atomic mass is 10.1. The molecule has 27 heavy (non-hydrogen) atoms. The lowest BCUT2D eigenvalue weighted by molar-refractivity contribution is 0.564. The van der Waals surface area contributed by atoms with E-state index in [0.29, 0.717) is 23.1 Å². The van der Waals surface area contributed by atoms with Crippen LogP contribution in [0.4, 0.5) is 5.69 Å². The summed E-state index contributed by atoms with van der Waals surface area (Å²) < 4.78 is 3.71. The fourth-order valence-corrected chi connectivity index (χ4v) is 3.54. The Morgan fingerprint density at radius 2 is 1.96 bits per heavy atom. The summed E-state index contributed by atoms with van der Waals surface area (Å²) in [4.78, 5) is 17.7. The van der Waals surface area contributed by atoms with E-state index in [0.717, 1.165) is 29.6 Å². The molecule has 0 bridgehead atoms. The molecular weight excluding hydrogens is 338 g/mol. The Hall–Kier alpha value is -3.02. The van der Waals surface area contributed by atoms with E-state index >= 15 is 0 Å². The zero-order chi connectivity index (χ0) is 19.0. The molecule has 0 unspecified atom stereocenters. The van der Waals surface area contributed by atoms with Gasteiger partial charge in [-0.25, -0.2) is 4.98 Å². The molecule has 6 heteroatoms. The van der Waals surface area contributed by atoms with E-state index in [1.54, 1.807) is 4.57 Å². The van der Waals surface area contributed by atoms with Gasteiger partial charge in [0.15, 0.2) is 5.65 Å². The molecule has 3 aromatic heterocycles. The van der Waals surface area contributed by atoms with E-state index < -0.39 is 0 Å². The topological polar surface area (TPSA) is 81.6 Å². The summed E-state index contributed by atoms with van der Waals surface area (Å²) in [6, 6.07) is 8.20. The van der Waals surface area contributed by atoms with Crippen LogP contribution in [0.1, 0.15) is 37.3 Å². The third-order valence-electron chi connectivity index (χ3n) is 5.11. The van der Waals surface area contributed by atoms with Crippen molar-refractivity contribution in [2.24, 2.45) is 0 Å². The first-order chi connectivity index (χ1) is 13.1. The van der Waals surface area contributed by atoms with Gasteiger partial charge in [0.1, 0.15) is 0 Å². The van der Waals surface area contributed by atoms with E-state index in [9.17, 15) is 4.79 Å². The Labute approximate surface area is 157 Å². The highest BCUT2D eigenvalue weighted by molar-refractivity contribution is 6.05. The van der Waals surface area contributed by atoms with Crippen LogP contribution in [0.2, 0.25) is 0 Å². The van der Waals surface area contributed by atoms with Crippen molar-refractivity contribution in [3.63, 3.8) is 0 Å². The van der Waals surface area contributed by atoms with Crippen molar-refractivity contribution in [3.05, 3.63) is 58.1 Å². The lowest BCUT2D eigenvalue weighted by Gasteiger charge is -2.04. The zero-order valence-corrected chi connectivity index (χ0v) is 15.8. The molecule has 3 heterocycles. The number of H-pyrrole nitrogens is 1. The summed E-state index contributed by atoms with van der Waals surface area (Å²) in [6.45, 7) is 5.62. The maximum absolute atomic E-state index is 12.9. The number of aromatic nitrogens is 4. The van der Waals surface area contributed by atoms with Crippen molar-refractivity contribution in [1.82, 2.24) is 19.3 Å². The van der Waals surface area contributed by atoms with Gasteiger partial charge in [-0.1, -0.05) is 49.6 Å². The number of rotatable bonds is 6. The molecule has 0 aliphatic heterocycles. The Morgan fingerprint density at radius 1 is 1.19 bits per heavy atom. The van der Waals surface area contributed by atoms with Crippen LogP contribution in [0.3, 0.4) is 0 Å².